The van der Waals surface area contributed by atoms with Gasteiger partial charge in [0.15, 0.2) is 0 Å². The molecule has 0 spiro atoms. The van der Waals surface area contributed by atoms with Crippen LogP contribution in [0.5, 0.6) is 0 Å². The zero-order valence-corrected chi connectivity index (χ0v) is 152. The third-order valence-electron chi connectivity index (χ3n) is 8.98. The summed E-state index contributed by atoms with van der Waals surface area (Å²) in [7, 11) is 173. The van der Waals surface area contributed by atoms with Gasteiger partial charge in [0, 0.05) is 947 Å². The fourth-order valence-electron chi connectivity index (χ4n) is 5.60. The van der Waals surface area contributed by atoms with Gasteiger partial charge in [-0.2, -0.15) is 12.6 Å². The molecule has 0 saturated carbocycles. The van der Waals surface area contributed by atoms with Crippen molar-refractivity contribution in [1.82, 2.24) is 14.8 Å². The van der Waals surface area contributed by atoms with Crippen molar-refractivity contribution in [3.05, 3.63) is 24.4 Å². The minimum Gasteiger partial charge on any atom is -0.396 e. The van der Waals surface area contributed by atoms with Crippen LogP contribution in [0.25, 0.3) is 0 Å². The first-order valence-corrected chi connectivity index (χ1v) is 165. The van der Waals surface area contributed by atoms with Crippen molar-refractivity contribution in [2.45, 2.75) is 106 Å². The molecule has 140 heavy (non-hydrogen) atoms. The molecule has 0 radical (unpaired) electrons. The SMILES string of the molecule is CC(C)(CN1CCCCC1)SSCCCCO.CC(C)(S)CN1CCCCC1.OCCCCSSc1ccccn1.S=S.S=S=S=S=S=S=S=S=S=S=S=S=S=S=S=S=S=S=S=S=S=S=S=S=S=S=S=S=S=S=S=S=S=S=S=S=S=S=S=S=S=S=S=S=S=S=S=S.S=S=S=S=S=S=S=S=S=S=S=S=S=S=S=S=S=S=S=S=S=S=S=S=S=S=S=S=S=S=S=S=S=S=S=S=S=S=S=S=S=S=S=S=S=S=S=S=S. The normalized spacial score (nSPS) is 10.3. The first kappa shape index (κ1) is 167. The van der Waals surface area contributed by atoms with Crippen molar-refractivity contribution in [2.24, 2.45) is 0 Å². The van der Waals surface area contributed by atoms with E-state index < -0.39 is 0 Å². The molecule has 1 aromatic rings. The van der Waals surface area contributed by atoms with E-state index in [0.29, 0.717) is 18.0 Å². The van der Waals surface area contributed by atoms with Gasteiger partial charge in [-0.3, -0.25) is 0 Å². The van der Waals surface area contributed by atoms with Gasteiger partial charge >= 0.3 is 0 Å². The molecule has 0 amide bonds. The van der Waals surface area contributed by atoms with Crippen LogP contribution in [0.3, 0.4) is 0 Å². The maximum atomic E-state index is 8.72. The molecule has 5 nitrogen and oxygen atoms in total. The lowest BCUT2D eigenvalue weighted by Crippen LogP contribution is -2.39. The first-order chi connectivity index (χ1) is 69.0. The van der Waals surface area contributed by atoms with E-state index >= 15 is 0 Å². The molecule has 0 aromatic carbocycles. The Morgan fingerprint density at radius 2 is 0.436 bits per heavy atom. The van der Waals surface area contributed by atoms with Gasteiger partial charge in [-0.15, -0.1) is 0 Å². The Kier molecular flexibility index (Phi) is 181. The standard InChI is InChI=1S/C13H27NOS2.C9H13NOS2.C9H19NS.S49.S48.S2/c1-13(2,17-16-11-7-6-10-15)12-14-8-4-3-5-9-14;11-7-3-4-8-12-13-9-5-1-2-6-10-9;1-9(2,11)8-10-6-4-3-5-7-10;1-3-5-7-9-11-13-15-17-19-21-23-25-27-29-31-33-35-37-39-41-43-45-47-49-48-46-44-42-40-38-36-34-32-30-28-26-24-22-20-18-16-14-12-10-8-6-4-2;1-3-5-7-9-11-13-15-17-19-21-23-25-27-29-31-33-35-37-39-41-43-45-47-48-46-44-42-40-38-36-34-32-30-28-26-24-22-20-18-16-14-12-10-8-6-4-2;1-2/h15H,3-12H2,1-2H3;1-2,5-6,11H,3-4,7-8H2;11H,3-8H2,1-2H3;;;. The lowest BCUT2D eigenvalue weighted by molar-refractivity contribution is 0.215. The zero-order valence-electron chi connectivity index (χ0n) is 66.7. The number of aromatic nitrogens is 1. The average Bonchev–Trinajstić information content (AvgIpc) is 0.885. The lowest BCUT2D eigenvalue weighted by atomic mass is 10.1. The number of aliphatic hydroxyl groups excluding tert-OH is 2. The van der Waals surface area contributed by atoms with Crippen LogP contribution in [0.2, 0.25) is 0 Å². The Hall–Kier alpha value is 22.5. The van der Waals surface area contributed by atoms with E-state index in [1.54, 1.807) is 241 Å². The maximum Gasteiger partial charge on any atom is 0.106 e. The molecule has 3 heterocycles. The third kappa shape index (κ3) is 155. The monoisotopic (exact) mass is 3830 g/mol. The molecular weight excluding hydrogens is 3780 g/mol. The summed E-state index contributed by atoms with van der Waals surface area (Å²) in [5.41, 5.74) is 0. The van der Waals surface area contributed by atoms with E-state index in [2.05, 4.69) is 77.5 Å². The number of piperidine rings is 2. The van der Waals surface area contributed by atoms with Gasteiger partial charge in [0.25, 0.3) is 0 Å². The fraction of sp³-hybridized carbons (Fsp3) is 0.839. The molecule has 834 valence electrons. The quantitative estimate of drug-likeness (QED) is 0.0854. The van der Waals surface area contributed by atoms with Crippen LogP contribution in [0, 0.1) is 0 Å². The number of pyridine rings is 1. The lowest BCUT2D eigenvalue weighted by Gasteiger charge is -2.34. The van der Waals surface area contributed by atoms with Gasteiger partial charge in [-0.1, -0.05) is 51.3 Å². The zero-order chi connectivity index (χ0) is 102. The number of rotatable bonds is 16. The van der Waals surface area contributed by atoms with Crippen molar-refractivity contribution in [3.8, 4) is 0 Å². The van der Waals surface area contributed by atoms with E-state index in [1.165, 1.54) is 107 Å². The number of unbranched alkanes of at least 4 members (excludes halogenated alkanes) is 2. The van der Waals surface area contributed by atoms with Crippen LogP contribution in [0.15, 0.2) is 29.4 Å². The number of aliphatic hydroxyl groups is 2. The van der Waals surface area contributed by atoms with Gasteiger partial charge in [0.2, 0.25) is 0 Å². The molecule has 2 N–H and O–H groups in total. The third-order valence-corrected chi connectivity index (χ3v) is 217. The maximum absolute atomic E-state index is 8.72. The highest BCUT2D eigenvalue weighted by atomic mass is 33.6. The van der Waals surface area contributed by atoms with Crippen molar-refractivity contribution in [2.75, 3.05) is 64.0 Å². The highest BCUT2D eigenvalue weighted by Gasteiger charge is 2.24. The molecule has 0 bridgehead atoms. The first-order valence-electron chi connectivity index (χ1n) is 31.5. The number of nitrogens with zero attached hydrogens (tertiary/aromatic N) is 3. The Labute approximate surface area is 1140 Å². The van der Waals surface area contributed by atoms with Gasteiger partial charge < -0.3 is 20.0 Å². The molecule has 3 rings (SSSR count). The highest BCUT2D eigenvalue weighted by molar-refractivity contribution is 8.87. The Balaban J connectivity index is -0.00000188. The van der Waals surface area contributed by atoms with Crippen molar-refractivity contribution in [1.29, 1.82) is 0 Å². The van der Waals surface area contributed by atoms with E-state index in [1.807, 2.05) is 617 Å². The van der Waals surface area contributed by atoms with E-state index in [4.69, 9.17) is 55.0 Å². The number of hydrogen-bond acceptors (Lipinski definition) is 16. The van der Waals surface area contributed by atoms with Crippen LogP contribution in [0.4, 0.5) is 0 Å². The fourth-order valence-corrected chi connectivity index (χ4v) is 255. The van der Waals surface area contributed by atoms with Gasteiger partial charge in [-0.25, -0.2) is 4.98 Å². The minimum absolute atomic E-state index is 0.178. The van der Waals surface area contributed by atoms with Crippen LogP contribution >= 0.6 is 55.8 Å². The molecule has 2 saturated heterocycles. The number of likely N-dealkylation sites (tertiary alicyclic amines) is 2. The molecule has 2 aliphatic heterocycles. The van der Waals surface area contributed by atoms with Crippen molar-refractivity contribution >= 4 is 949 Å². The number of thiol groups is 1. The van der Waals surface area contributed by atoms with Gasteiger partial charge in [-0.05, 0) is 128 Å². The summed E-state index contributed by atoms with van der Waals surface area (Å²) in [5, 5.41) is 18.3. The molecule has 0 atom stereocenters. The molecule has 2 fully saturated rings. The summed E-state index contributed by atoms with van der Waals surface area (Å²) in [6.45, 7) is 17.2. The largest absolute Gasteiger partial charge is 0.396 e. The summed E-state index contributed by atoms with van der Waals surface area (Å²) in [5.74, 6) is 2.23. The summed E-state index contributed by atoms with van der Waals surface area (Å²) in [4.78, 5) is 9.33. The van der Waals surface area contributed by atoms with Crippen LogP contribution in [0.1, 0.15) is 91.9 Å². The van der Waals surface area contributed by atoms with E-state index in [0.717, 1.165) is 48.8 Å². The topological polar surface area (TPSA) is 59.8 Å². The molecule has 2 aliphatic rings. The Morgan fingerprint density at radius 1 is 0.257 bits per heavy atom. The molecule has 1 aromatic heterocycles. The second kappa shape index (κ2) is 152. The van der Waals surface area contributed by atoms with Crippen molar-refractivity contribution in [3.63, 3.8) is 0 Å². The minimum atomic E-state index is 0.178. The summed E-state index contributed by atoms with van der Waals surface area (Å²) in [6, 6.07) is 5.91. The summed E-state index contributed by atoms with van der Waals surface area (Å²) >= 11 is 31.1. The van der Waals surface area contributed by atoms with Crippen molar-refractivity contribution < 1.29 is 10.2 Å². The molecule has 0 unspecified atom stereocenters. The average molecular weight is 3840 g/mol. The predicted octanol–water partition coefficient (Wildman–Crippen LogP) is 7.94. The molecule has 109 heteroatoms. The smallest absolute Gasteiger partial charge is 0.106 e. The van der Waals surface area contributed by atoms with E-state index in [-0.39, 0.29) is 4.75 Å². The highest BCUT2D eigenvalue weighted by Crippen LogP contribution is 2.37. The number of hydrogen-bond donors (Lipinski definition) is 3. The summed E-state index contributed by atoms with van der Waals surface area (Å²) < 4.78 is 0.526. The molecular formula is C31H59N3O2S104. The second-order valence-corrected chi connectivity index (χ2v) is 190. The predicted molar refractivity (Wildman–Crippen MR) is 922 cm³/mol. The Bertz CT molecular complexity index is 8450. The Morgan fingerprint density at radius 3 is 0.600 bits per heavy atom. The van der Waals surface area contributed by atoms with E-state index in [9.17, 15) is 0 Å². The summed E-state index contributed by atoms with van der Waals surface area (Å²) in [6.07, 6.45) is 14.2. The molecule has 0 aliphatic carbocycles. The van der Waals surface area contributed by atoms with Gasteiger partial charge in [0.05, 0.1) is 0 Å². The van der Waals surface area contributed by atoms with Crippen LogP contribution < -0.4 is 0 Å². The van der Waals surface area contributed by atoms with Gasteiger partial charge in [0.1, 0.15) is 5.03 Å². The van der Waals surface area contributed by atoms with Crippen LogP contribution in [-0.2, 0) is 893 Å². The van der Waals surface area contributed by atoms with Crippen LogP contribution in [-0.4, -0.2) is 98.5 Å². The second-order valence-electron chi connectivity index (χ2n) is 18.4.